The van der Waals surface area contributed by atoms with Gasteiger partial charge in [0.05, 0.1) is 19.8 Å². The largest absolute Gasteiger partial charge is 0.379 e. The molecule has 150 valence electrons. The fourth-order valence-electron chi connectivity index (χ4n) is 2.84. The maximum Gasteiger partial charge on any atom is 0.191 e. The van der Waals surface area contributed by atoms with E-state index in [9.17, 15) is 0 Å². The van der Waals surface area contributed by atoms with E-state index in [0.29, 0.717) is 24.5 Å². The number of rotatable bonds is 10. The quantitative estimate of drug-likeness (QED) is 0.222. The highest BCUT2D eigenvalue weighted by molar-refractivity contribution is 14.0. The van der Waals surface area contributed by atoms with Crippen molar-refractivity contribution in [2.45, 2.75) is 40.2 Å². The summed E-state index contributed by atoms with van der Waals surface area (Å²) in [6, 6.07) is 0.518. The Morgan fingerprint density at radius 3 is 2.36 bits per heavy atom. The molecule has 7 heteroatoms. The lowest BCUT2D eigenvalue weighted by molar-refractivity contribution is 0.0132. The molecule has 1 saturated heterocycles. The van der Waals surface area contributed by atoms with E-state index in [1.165, 1.54) is 6.42 Å². The van der Waals surface area contributed by atoms with Crippen molar-refractivity contribution in [2.75, 3.05) is 59.7 Å². The standard InChI is InChI=1S/C18H38N4O2.HI/c1-15(2)12-17(22-7-10-23-11-8-22)13-21-18(19-5)20-6-9-24-14-16(3)4;/h15-17H,6-14H2,1-5H3,(H2,19,20,21);1H. The van der Waals surface area contributed by atoms with Crippen LogP contribution in [0.4, 0.5) is 0 Å². The summed E-state index contributed by atoms with van der Waals surface area (Å²) in [6.07, 6.45) is 1.18. The van der Waals surface area contributed by atoms with Crippen molar-refractivity contribution < 1.29 is 9.47 Å². The number of morpholine rings is 1. The zero-order chi connectivity index (χ0) is 17.8. The van der Waals surface area contributed by atoms with Gasteiger partial charge in [-0.2, -0.15) is 0 Å². The Labute approximate surface area is 171 Å². The number of ether oxygens (including phenoxy) is 2. The van der Waals surface area contributed by atoms with Gasteiger partial charge in [-0.25, -0.2) is 0 Å². The van der Waals surface area contributed by atoms with Gasteiger partial charge in [-0.3, -0.25) is 9.89 Å². The van der Waals surface area contributed by atoms with Crippen molar-refractivity contribution in [3.05, 3.63) is 0 Å². The maximum atomic E-state index is 5.60. The van der Waals surface area contributed by atoms with Crippen LogP contribution >= 0.6 is 24.0 Å². The zero-order valence-electron chi connectivity index (χ0n) is 16.7. The monoisotopic (exact) mass is 470 g/mol. The first-order valence-corrected chi connectivity index (χ1v) is 9.37. The lowest BCUT2D eigenvalue weighted by atomic mass is 10.0. The van der Waals surface area contributed by atoms with Crippen molar-refractivity contribution in [2.24, 2.45) is 16.8 Å². The van der Waals surface area contributed by atoms with Crippen molar-refractivity contribution >= 4 is 29.9 Å². The summed E-state index contributed by atoms with van der Waals surface area (Å²) in [5, 5.41) is 6.80. The first kappa shape index (κ1) is 24.9. The molecule has 2 N–H and O–H groups in total. The predicted octanol–water partition coefficient (Wildman–Crippen LogP) is 2.19. The molecule has 0 amide bonds. The lowest BCUT2D eigenvalue weighted by Crippen LogP contribution is -2.51. The molecule has 0 saturated carbocycles. The van der Waals surface area contributed by atoms with E-state index < -0.39 is 0 Å². The van der Waals surface area contributed by atoms with Crippen LogP contribution in [-0.2, 0) is 9.47 Å². The van der Waals surface area contributed by atoms with Gasteiger partial charge in [0.25, 0.3) is 0 Å². The van der Waals surface area contributed by atoms with E-state index >= 15 is 0 Å². The Morgan fingerprint density at radius 1 is 1.12 bits per heavy atom. The molecule has 1 aliphatic rings. The van der Waals surface area contributed by atoms with Crippen LogP contribution in [0.15, 0.2) is 4.99 Å². The van der Waals surface area contributed by atoms with Gasteiger partial charge in [0.1, 0.15) is 0 Å². The third-order valence-corrected chi connectivity index (χ3v) is 4.02. The summed E-state index contributed by atoms with van der Waals surface area (Å²) >= 11 is 0. The summed E-state index contributed by atoms with van der Waals surface area (Å²) in [5.41, 5.74) is 0. The molecule has 0 aliphatic carbocycles. The average molecular weight is 470 g/mol. The van der Waals surface area contributed by atoms with Gasteiger partial charge in [0.2, 0.25) is 0 Å². The zero-order valence-corrected chi connectivity index (χ0v) is 19.0. The van der Waals surface area contributed by atoms with Crippen LogP contribution in [0.5, 0.6) is 0 Å². The molecule has 1 aliphatic heterocycles. The van der Waals surface area contributed by atoms with Gasteiger partial charge in [-0.05, 0) is 18.3 Å². The first-order chi connectivity index (χ1) is 11.5. The Hall–Kier alpha value is -0.120. The van der Waals surface area contributed by atoms with Gasteiger partial charge < -0.3 is 20.1 Å². The molecular formula is C18H39IN4O2. The Balaban J connectivity index is 0.00000576. The third-order valence-electron chi connectivity index (χ3n) is 4.02. The molecule has 0 radical (unpaired) electrons. The fourth-order valence-corrected chi connectivity index (χ4v) is 2.84. The number of nitrogens with zero attached hydrogens (tertiary/aromatic N) is 2. The second kappa shape index (κ2) is 15.0. The van der Waals surface area contributed by atoms with Crippen LogP contribution in [0.3, 0.4) is 0 Å². The van der Waals surface area contributed by atoms with E-state index in [1.807, 2.05) is 7.05 Å². The number of hydrogen-bond donors (Lipinski definition) is 2. The molecule has 1 heterocycles. The van der Waals surface area contributed by atoms with Crippen LogP contribution in [0.2, 0.25) is 0 Å². The molecule has 1 fully saturated rings. The van der Waals surface area contributed by atoms with Gasteiger partial charge in [-0.15, -0.1) is 24.0 Å². The average Bonchev–Trinajstić information content (AvgIpc) is 2.56. The highest BCUT2D eigenvalue weighted by Crippen LogP contribution is 2.12. The normalized spacial score (nSPS) is 17.5. The number of aliphatic imine (C=N–C) groups is 1. The summed E-state index contributed by atoms with van der Waals surface area (Å²) < 4.78 is 11.1. The minimum atomic E-state index is 0. The van der Waals surface area contributed by atoms with E-state index in [2.05, 4.69) is 48.2 Å². The Morgan fingerprint density at radius 2 is 1.80 bits per heavy atom. The van der Waals surface area contributed by atoms with Crippen molar-refractivity contribution in [1.29, 1.82) is 0 Å². The SMILES string of the molecule is CN=C(NCCOCC(C)C)NCC(CC(C)C)N1CCOCC1.I. The second-order valence-electron chi connectivity index (χ2n) is 7.28. The summed E-state index contributed by atoms with van der Waals surface area (Å²) in [5.74, 6) is 2.11. The topological polar surface area (TPSA) is 58.1 Å². The van der Waals surface area contributed by atoms with Crippen LogP contribution in [-0.4, -0.2) is 76.6 Å². The molecule has 1 atom stereocenters. The summed E-state index contributed by atoms with van der Waals surface area (Å²) in [7, 11) is 1.82. The van der Waals surface area contributed by atoms with Gasteiger partial charge >= 0.3 is 0 Å². The number of hydrogen-bond acceptors (Lipinski definition) is 4. The molecule has 6 nitrogen and oxygen atoms in total. The highest BCUT2D eigenvalue weighted by atomic mass is 127. The summed E-state index contributed by atoms with van der Waals surface area (Å²) in [6.45, 7) is 15.8. The predicted molar refractivity (Wildman–Crippen MR) is 116 cm³/mol. The molecule has 25 heavy (non-hydrogen) atoms. The highest BCUT2D eigenvalue weighted by Gasteiger charge is 2.22. The molecule has 0 bridgehead atoms. The minimum absolute atomic E-state index is 0. The van der Waals surface area contributed by atoms with Crippen LogP contribution < -0.4 is 10.6 Å². The minimum Gasteiger partial charge on any atom is -0.379 e. The molecule has 1 unspecified atom stereocenters. The van der Waals surface area contributed by atoms with Gasteiger partial charge in [-0.1, -0.05) is 27.7 Å². The van der Waals surface area contributed by atoms with Crippen LogP contribution in [0.1, 0.15) is 34.1 Å². The number of nitrogens with one attached hydrogen (secondary N) is 2. The maximum absolute atomic E-state index is 5.60. The van der Waals surface area contributed by atoms with E-state index in [0.717, 1.165) is 52.0 Å². The Bertz CT molecular complexity index is 348. The smallest absolute Gasteiger partial charge is 0.191 e. The second-order valence-corrected chi connectivity index (χ2v) is 7.28. The van der Waals surface area contributed by atoms with Crippen molar-refractivity contribution in [3.63, 3.8) is 0 Å². The first-order valence-electron chi connectivity index (χ1n) is 9.37. The molecule has 0 aromatic heterocycles. The van der Waals surface area contributed by atoms with Crippen LogP contribution in [0.25, 0.3) is 0 Å². The number of guanidine groups is 1. The fraction of sp³-hybridized carbons (Fsp3) is 0.944. The number of halogens is 1. The molecular weight excluding hydrogens is 431 g/mol. The van der Waals surface area contributed by atoms with E-state index in [-0.39, 0.29) is 24.0 Å². The van der Waals surface area contributed by atoms with Gasteiger partial charge in [0.15, 0.2) is 5.96 Å². The summed E-state index contributed by atoms with van der Waals surface area (Å²) in [4.78, 5) is 6.85. The molecule has 0 aromatic carbocycles. The third kappa shape index (κ3) is 12.0. The van der Waals surface area contributed by atoms with Gasteiger partial charge in [0, 0.05) is 45.9 Å². The molecule has 0 aromatic rings. The van der Waals surface area contributed by atoms with Crippen molar-refractivity contribution in [1.82, 2.24) is 15.5 Å². The van der Waals surface area contributed by atoms with E-state index in [4.69, 9.17) is 9.47 Å². The van der Waals surface area contributed by atoms with Crippen LogP contribution in [0, 0.1) is 11.8 Å². The molecule has 0 spiro atoms. The van der Waals surface area contributed by atoms with Crippen molar-refractivity contribution in [3.8, 4) is 0 Å². The lowest BCUT2D eigenvalue weighted by Gasteiger charge is -2.35. The van der Waals surface area contributed by atoms with E-state index in [1.54, 1.807) is 0 Å². The molecule has 1 rings (SSSR count). The Kier molecular flexibility index (Phi) is 14.9.